The molecule has 1 aromatic heterocycles. The first kappa shape index (κ1) is 13.2. The van der Waals surface area contributed by atoms with Crippen LogP contribution in [0.25, 0.3) is 0 Å². The first-order valence-electron chi connectivity index (χ1n) is 5.31. The maximum Gasteiger partial charge on any atom is 0.303 e. The van der Waals surface area contributed by atoms with Gasteiger partial charge in [-0.05, 0) is 24.3 Å². The zero-order valence-electron chi connectivity index (χ0n) is 9.06. The van der Waals surface area contributed by atoms with E-state index in [1.54, 1.807) is 11.3 Å². The molecule has 0 saturated heterocycles. The zero-order chi connectivity index (χ0) is 11.8. The fraction of sp³-hybridized carbons (Fsp3) is 0.545. The third-order valence-corrected chi connectivity index (χ3v) is 3.14. The maximum absolute atomic E-state index is 10.3. The van der Waals surface area contributed by atoms with Crippen molar-refractivity contribution in [2.45, 2.75) is 25.4 Å². The van der Waals surface area contributed by atoms with Crippen LogP contribution in [0.2, 0.25) is 0 Å². The fourth-order valence-electron chi connectivity index (χ4n) is 1.33. The highest BCUT2D eigenvalue weighted by Crippen LogP contribution is 2.08. The predicted molar refractivity (Wildman–Crippen MR) is 63.8 cm³/mol. The van der Waals surface area contributed by atoms with Gasteiger partial charge in [0.1, 0.15) is 0 Å². The van der Waals surface area contributed by atoms with Crippen molar-refractivity contribution in [2.75, 3.05) is 13.1 Å². The molecule has 1 aromatic rings. The van der Waals surface area contributed by atoms with Crippen molar-refractivity contribution in [1.82, 2.24) is 5.32 Å². The van der Waals surface area contributed by atoms with Crippen LogP contribution < -0.4 is 5.32 Å². The van der Waals surface area contributed by atoms with Gasteiger partial charge >= 0.3 is 5.97 Å². The number of aliphatic carboxylic acids is 1. The summed E-state index contributed by atoms with van der Waals surface area (Å²) in [6.07, 6.45) is 0.706. The lowest BCUT2D eigenvalue weighted by Gasteiger charge is -2.09. The van der Waals surface area contributed by atoms with E-state index in [2.05, 4.69) is 11.4 Å². The van der Waals surface area contributed by atoms with Crippen LogP contribution in [0.3, 0.4) is 0 Å². The average Bonchev–Trinajstić information content (AvgIpc) is 2.74. The van der Waals surface area contributed by atoms with E-state index in [1.807, 2.05) is 11.4 Å². The third kappa shape index (κ3) is 5.85. The van der Waals surface area contributed by atoms with E-state index in [4.69, 9.17) is 5.11 Å². The van der Waals surface area contributed by atoms with Gasteiger partial charge in [-0.25, -0.2) is 0 Å². The van der Waals surface area contributed by atoms with Gasteiger partial charge in [0.2, 0.25) is 0 Å². The van der Waals surface area contributed by atoms with E-state index < -0.39 is 12.1 Å². The molecule has 1 atom stereocenters. The summed E-state index contributed by atoms with van der Waals surface area (Å²) in [7, 11) is 0. The fourth-order valence-corrected chi connectivity index (χ4v) is 2.04. The molecule has 1 rings (SSSR count). The lowest BCUT2D eigenvalue weighted by atomic mass is 10.2. The number of aliphatic hydroxyl groups is 1. The second-order valence-electron chi connectivity index (χ2n) is 3.62. The standard InChI is InChI=1S/C11H17NO3S/c13-9(3-4-11(14)15)8-12-6-5-10-2-1-7-16-10/h1-2,7,9,12-13H,3-6,8H2,(H,14,15). The van der Waals surface area contributed by atoms with Crippen LogP contribution in [-0.4, -0.2) is 35.4 Å². The maximum atomic E-state index is 10.3. The van der Waals surface area contributed by atoms with Gasteiger partial charge in [0.15, 0.2) is 0 Å². The van der Waals surface area contributed by atoms with Gasteiger partial charge in [0.05, 0.1) is 6.10 Å². The molecule has 0 bridgehead atoms. The van der Waals surface area contributed by atoms with Gasteiger partial charge in [-0.2, -0.15) is 0 Å². The number of hydrogen-bond acceptors (Lipinski definition) is 4. The summed E-state index contributed by atoms with van der Waals surface area (Å²) in [4.78, 5) is 11.6. The van der Waals surface area contributed by atoms with E-state index in [9.17, 15) is 9.90 Å². The Bertz CT molecular complexity index is 300. The van der Waals surface area contributed by atoms with E-state index in [1.165, 1.54) is 4.88 Å². The summed E-state index contributed by atoms with van der Waals surface area (Å²) in [5.74, 6) is -0.863. The highest BCUT2D eigenvalue weighted by molar-refractivity contribution is 7.09. The van der Waals surface area contributed by atoms with E-state index in [0.717, 1.165) is 13.0 Å². The lowest BCUT2D eigenvalue weighted by molar-refractivity contribution is -0.137. The van der Waals surface area contributed by atoms with Crippen molar-refractivity contribution in [3.05, 3.63) is 22.4 Å². The van der Waals surface area contributed by atoms with Gasteiger partial charge in [-0.3, -0.25) is 4.79 Å². The number of aliphatic hydroxyl groups excluding tert-OH is 1. The van der Waals surface area contributed by atoms with Crippen LogP contribution in [0.1, 0.15) is 17.7 Å². The second-order valence-corrected chi connectivity index (χ2v) is 4.65. The number of thiophene rings is 1. The van der Waals surface area contributed by atoms with Gasteiger partial charge in [0, 0.05) is 24.4 Å². The summed E-state index contributed by atoms with van der Waals surface area (Å²) >= 11 is 1.72. The average molecular weight is 243 g/mol. The first-order chi connectivity index (χ1) is 7.68. The number of hydrogen-bond donors (Lipinski definition) is 3. The molecule has 0 aliphatic heterocycles. The molecule has 3 N–H and O–H groups in total. The van der Waals surface area contributed by atoms with Crippen LogP contribution in [0.15, 0.2) is 17.5 Å². The Morgan fingerprint density at radius 2 is 2.38 bits per heavy atom. The van der Waals surface area contributed by atoms with Crippen molar-refractivity contribution in [2.24, 2.45) is 0 Å². The molecule has 0 aliphatic carbocycles. The largest absolute Gasteiger partial charge is 0.481 e. The Balaban J connectivity index is 2.00. The number of carboxylic acid groups (broad SMARTS) is 1. The molecule has 4 nitrogen and oxygen atoms in total. The molecule has 0 saturated carbocycles. The first-order valence-corrected chi connectivity index (χ1v) is 6.19. The van der Waals surface area contributed by atoms with Gasteiger partial charge < -0.3 is 15.5 Å². The summed E-state index contributed by atoms with van der Waals surface area (Å²) < 4.78 is 0. The minimum absolute atomic E-state index is 0.0216. The van der Waals surface area contributed by atoms with Crippen LogP contribution in [0.5, 0.6) is 0 Å². The van der Waals surface area contributed by atoms with Gasteiger partial charge in [-0.15, -0.1) is 11.3 Å². The molecule has 16 heavy (non-hydrogen) atoms. The highest BCUT2D eigenvalue weighted by atomic mass is 32.1. The minimum Gasteiger partial charge on any atom is -0.481 e. The zero-order valence-corrected chi connectivity index (χ0v) is 9.87. The Kier molecular flexibility index (Phi) is 6.07. The van der Waals surface area contributed by atoms with Crippen molar-refractivity contribution >= 4 is 17.3 Å². The van der Waals surface area contributed by atoms with Crippen molar-refractivity contribution in [1.29, 1.82) is 0 Å². The highest BCUT2D eigenvalue weighted by Gasteiger charge is 2.06. The molecule has 0 fully saturated rings. The summed E-state index contributed by atoms with van der Waals surface area (Å²) in [5, 5.41) is 23.0. The topological polar surface area (TPSA) is 69.6 Å². The number of nitrogens with one attached hydrogen (secondary N) is 1. The molecule has 1 unspecified atom stereocenters. The van der Waals surface area contributed by atoms with Crippen LogP contribution >= 0.6 is 11.3 Å². The summed E-state index contributed by atoms with van der Waals surface area (Å²) in [6, 6.07) is 4.09. The SMILES string of the molecule is O=C(O)CCC(O)CNCCc1cccs1. The number of carbonyl (C=O) groups is 1. The van der Waals surface area contributed by atoms with Crippen molar-refractivity contribution < 1.29 is 15.0 Å². The Morgan fingerprint density at radius 1 is 1.56 bits per heavy atom. The molecule has 1 heterocycles. The van der Waals surface area contributed by atoms with Gasteiger partial charge in [-0.1, -0.05) is 6.07 Å². The molecule has 90 valence electrons. The van der Waals surface area contributed by atoms with E-state index in [0.29, 0.717) is 13.0 Å². The number of rotatable bonds is 8. The molecule has 5 heteroatoms. The summed E-state index contributed by atoms with van der Waals surface area (Å²) in [6.45, 7) is 1.27. The quantitative estimate of drug-likeness (QED) is 0.598. The molecule has 0 amide bonds. The Hall–Kier alpha value is -0.910. The predicted octanol–water partition coefficient (Wildman–Crippen LogP) is 1.11. The van der Waals surface area contributed by atoms with Crippen LogP contribution in [0, 0.1) is 0 Å². The molecular weight excluding hydrogens is 226 g/mol. The van der Waals surface area contributed by atoms with Crippen molar-refractivity contribution in [3.8, 4) is 0 Å². The molecule has 0 spiro atoms. The lowest BCUT2D eigenvalue weighted by Crippen LogP contribution is -2.28. The molecule has 0 aliphatic rings. The monoisotopic (exact) mass is 243 g/mol. The smallest absolute Gasteiger partial charge is 0.303 e. The Morgan fingerprint density at radius 3 is 3.00 bits per heavy atom. The summed E-state index contributed by atoms with van der Waals surface area (Å²) in [5.41, 5.74) is 0. The molecule has 0 aromatic carbocycles. The normalized spacial score (nSPS) is 12.6. The van der Waals surface area contributed by atoms with Gasteiger partial charge in [0.25, 0.3) is 0 Å². The second kappa shape index (κ2) is 7.38. The van der Waals surface area contributed by atoms with Crippen LogP contribution in [0.4, 0.5) is 0 Å². The van der Waals surface area contributed by atoms with Crippen LogP contribution in [-0.2, 0) is 11.2 Å². The Labute approximate surface area is 98.9 Å². The molecule has 0 radical (unpaired) electrons. The van der Waals surface area contributed by atoms with E-state index >= 15 is 0 Å². The van der Waals surface area contributed by atoms with E-state index in [-0.39, 0.29) is 6.42 Å². The van der Waals surface area contributed by atoms with Crippen molar-refractivity contribution in [3.63, 3.8) is 0 Å². The minimum atomic E-state index is -0.863. The molecular formula is C11H17NO3S. The number of carboxylic acids is 1. The third-order valence-electron chi connectivity index (χ3n) is 2.20.